The Labute approximate surface area is 125 Å². The first-order valence-corrected chi connectivity index (χ1v) is 7.06. The van der Waals surface area contributed by atoms with E-state index in [1.807, 2.05) is 13.0 Å². The summed E-state index contributed by atoms with van der Waals surface area (Å²) in [5.41, 5.74) is 5.82. The number of amides is 1. The van der Waals surface area contributed by atoms with Gasteiger partial charge in [0.15, 0.2) is 0 Å². The number of carbonyl (C=O) groups is 1. The topological polar surface area (TPSA) is 89.5 Å². The van der Waals surface area contributed by atoms with Crippen molar-refractivity contribution in [3.8, 4) is 0 Å². The lowest BCUT2D eigenvalue weighted by Crippen LogP contribution is -2.36. The van der Waals surface area contributed by atoms with Crippen molar-refractivity contribution < 1.29 is 9.72 Å². The molecule has 20 heavy (non-hydrogen) atoms. The van der Waals surface area contributed by atoms with Crippen molar-refractivity contribution in [1.29, 1.82) is 0 Å². The zero-order valence-corrected chi connectivity index (χ0v) is 12.7. The molecule has 1 amide bonds. The van der Waals surface area contributed by atoms with Crippen LogP contribution in [0.2, 0.25) is 0 Å². The smallest absolute Gasteiger partial charge is 0.283 e. The Bertz CT molecular complexity index is 564. The first-order valence-electron chi connectivity index (χ1n) is 6.27. The second-order valence-corrected chi connectivity index (χ2v) is 6.28. The van der Waals surface area contributed by atoms with Gasteiger partial charge >= 0.3 is 0 Å². The fraction of sp³-hybridized carbons (Fsp3) is 0.462. The quantitative estimate of drug-likeness (QED) is 0.670. The first kappa shape index (κ1) is 14.9. The fourth-order valence-corrected chi connectivity index (χ4v) is 2.84. The van der Waals surface area contributed by atoms with Gasteiger partial charge in [-0.2, -0.15) is 0 Å². The highest BCUT2D eigenvalue weighted by Gasteiger charge is 2.38. The highest BCUT2D eigenvalue weighted by atomic mass is 79.9. The van der Waals surface area contributed by atoms with Gasteiger partial charge < -0.3 is 5.73 Å². The highest BCUT2D eigenvalue weighted by Crippen LogP contribution is 2.31. The van der Waals surface area contributed by atoms with Crippen LogP contribution in [0.5, 0.6) is 0 Å². The van der Waals surface area contributed by atoms with E-state index in [0.717, 1.165) is 18.5 Å². The Kier molecular flexibility index (Phi) is 4.10. The van der Waals surface area contributed by atoms with Crippen LogP contribution in [0.1, 0.15) is 18.9 Å². The van der Waals surface area contributed by atoms with E-state index in [-0.39, 0.29) is 11.6 Å². The van der Waals surface area contributed by atoms with Crippen LogP contribution in [0.4, 0.5) is 5.69 Å². The molecular formula is C13H16BrN3O3. The number of primary amides is 1. The van der Waals surface area contributed by atoms with Gasteiger partial charge in [0.2, 0.25) is 5.91 Å². The number of rotatable bonds is 4. The minimum Gasteiger partial charge on any atom is -0.369 e. The fourth-order valence-electron chi connectivity index (χ4n) is 2.45. The third kappa shape index (κ3) is 2.99. The van der Waals surface area contributed by atoms with Gasteiger partial charge in [-0.3, -0.25) is 19.8 Å². The van der Waals surface area contributed by atoms with E-state index in [0.29, 0.717) is 17.6 Å². The molecule has 0 bridgehead atoms. The third-order valence-corrected chi connectivity index (χ3v) is 4.43. The van der Waals surface area contributed by atoms with E-state index in [1.165, 1.54) is 0 Å². The van der Waals surface area contributed by atoms with Crippen molar-refractivity contribution >= 4 is 27.5 Å². The van der Waals surface area contributed by atoms with Gasteiger partial charge in [-0.1, -0.05) is 6.07 Å². The van der Waals surface area contributed by atoms with E-state index in [2.05, 4.69) is 20.8 Å². The van der Waals surface area contributed by atoms with Crippen molar-refractivity contribution in [1.82, 2.24) is 4.90 Å². The number of likely N-dealkylation sites (tertiary alicyclic amines) is 1. The number of hydrogen-bond acceptors (Lipinski definition) is 4. The Balaban J connectivity index is 2.11. The Hall–Kier alpha value is -1.47. The molecule has 1 aromatic carbocycles. The molecule has 1 aliphatic rings. The van der Waals surface area contributed by atoms with Crippen molar-refractivity contribution in [3.63, 3.8) is 0 Å². The Morgan fingerprint density at radius 2 is 2.30 bits per heavy atom. The summed E-state index contributed by atoms with van der Waals surface area (Å²) in [4.78, 5) is 24.0. The molecule has 1 unspecified atom stereocenters. The van der Waals surface area contributed by atoms with Gasteiger partial charge in [0.05, 0.1) is 14.8 Å². The van der Waals surface area contributed by atoms with Crippen molar-refractivity contribution in [2.75, 3.05) is 13.1 Å². The van der Waals surface area contributed by atoms with Crippen LogP contribution in [0.3, 0.4) is 0 Å². The number of carbonyl (C=O) groups excluding carboxylic acids is 1. The monoisotopic (exact) mass is 341 g/mol. The number of nitrogens with two attached hydrogens (primary N) is 1. The second kappa shape index (κ2) is 5.49. The third-order valence-electron chi connectivity index (χ3n) is 3.76. The van der Waals surface area contributed by atoms with Crippen LogP contribution >= 0.6 is 15.9 Å². The van der Waals surface area contributed by atoms with Crippen molar-refractivity contribution in [2.45, 2.75) is 19.9 Å². The minimum atomic E-state index is -0.499. The van der Waals surface area contributed by atoms with E-state index in [1.54, 1.807) is 12.1 Å². The molecular weight excluding hydrogens is 326 g/mol. The molecule has 1 saturated heterocycles. The maximum Gasteiger partial charge on any atom is 0.283 e. The minimum absolute atomic E-state index is 0.0550. The van der Waals surface area contributed by atoms with Gasteiger partial charge in [-0.15, -0.1) is 0 Å². The highest BCUT2D eigenvalue weighted by molar-refractivity contribution is 9.10. The summed E-state index contributed by atoms with van der Waals surface area (Å²) in [5, 5.41) is 10.9. The predicted octanol–water partition coefficient (Wildman–Crippen LogP) is 2.05. The number of hydrogen-bond donors (Lipinski definition) is 1. The number of nitro groups is 1. The number of nitrogens with zero attached hydrogens (tertiary/aromatic N) is 2. The van der Waals surface area contributed by atoms with Crippen LogP contribution in [0, 0.1) is 15.5 Å². The lowest BCUT2D eigenvalue weighted by Gasteiger charge is -2.21. The molecule has 1 fully saturated rings. The van der Waals surface area contributed by atoms with Gasteiger partial charge in [0.1, 0.15) is 0 Å². The van der Waals surface area contributed by atoms with E-state index in [9.17, 15) is 14.9 Å². The van der Waals surface area contributed by atoms with E-state index >= 15 is 0 Å². The molecule has 2 rings (SSSR count). The maximum atomic E-state index is 11.4. The largest absolute Gasteiger partial charge is 0.369 e. The molecule has 1 atom stereocenters. The molecule has 1 aromatic rings. The van der Waals surface area contributed by atoms with Crippen molar-refractivity contribution in [3.05, 3.63) is 38.3 Å². The summed E-state index contributed by atoms with van der Waals surface area (Å²) >= 11 is 3.16. The van der Waals surface area contributed by atoms with Crippen LogP contribution < -0.4 is 5.73 Å². The zero-order valence-electron chi connectivity index (χ0n) is 11.1. The summed E-state index contributed by atoms with van der Waals surface area (Å²) < 4.78 is 0.467. The zero-order chi connectivity index (χ0) is 14.9. The van der Waals surface area contributed by atoms with E-state index in [4.69, 9.17) is 5.73 Å². The summed E-state index contributed by atoms with van der Waals surface area (Å²) in [6.45, 7) is 3.80. The average molecular weight is 342 g/mol. The molecule has 1 heterocycles. The molecule has 108 valence electrons. The SMILES string of the molecule is CC1(C(N)=O)CCN(Cc2ccc(Br)c([N+](=O)[O-])c2)C1. The van der Waals surface area contributed by atoms with Crippen molar-refractivity contribution in [2.24, 2.45) is 11.1 Å². The van der Waals surface area contributed by atoms with E-state index < -0.39 is 10.3 Å². The Morgan fingerprint density at radius 1 is 1.60 bits per heavy atom. The standard InChI is InChI=1S/C13H16BrN3O3/c1-13(12(15)18)4-5-16(8-13)7-9-2-3-10(14)11(6-9)17(19)20/h2-3,6H,4-5,7-8H2,1H3,(H2,15,18). The van der Waals surface area contributed by atoms with Gasteiger partial charge in [0, 0.05) is 19.2 Å². The van der Waals surface area contributed by atoms with Gasteiger partial charge in [0.25, 0.3) is 5.69 Å². The average Bonchev–Trinajstić information content (AvgIpc) is 2.74. The molecule has 7 heteroatoms. The molecule has 2 N–H and O–H groups in total. The normalized spacial score (nSPS) is 22.9. The van der Waals surface area contributed by atoms with Crippen LogP contribution in [-0.2, 0) is 11.3 Å². The molecule has 1 aliphatic heterocycles. The number of nitro benzene ring substituents is 1. The van der Waals surface area contributed by atoms with Gasteiger partial charge in [-0.05, 0) is 47.4 Å². The molecule has 0 spiro atoms. The summed E-state index contributed by atoms with van der Waals surface area (Å²) in [5.74, 6) is -0.290. The number of halogens is 1. The lowest BCUT2D eigenvalue weighted by molar-refractivity contribution is -0.385. The Morgan fingerprint density at radius 3 is 2.85 bits per heavy atom. The molecule has 0 saturated carbocycles. The lowest BCUT2D eigenvalue weighted by atomic mass is 9.89. The summed E-state index contributed by atoms with van der Waals surface area (Å²) in [7, 11) is 0. The van der Waals surface area contributed by atoms with Crippen LogP contribution in [-0.4, -0.2) is 28.8 Å². The number of benzene rings is 1. The molecule has 0 aliphatic carbocycles. The second-order valence-electron chi connectivity index (χ2n) is 5.43. The first-order chi connectivity index (χ1) is 9.32. The molecule has 0 aromatic heterocycles. The summed E-state index contributed by atoms with van der Waals surface area (Å²) in [6.07, 6.45) is 0.723. The summed E-state index contributed by atoms with van der Waals surface area (Å²) in [6, 6.07) is 5.08. The molecule has 6 nitrogen and oxygen atoms in total. The van der Waals surface area contributed by atoms with Crippen LogP contribution in [0.25, 0.3) is 0 Å². The maximum absolute atomic E-state index is 11.4. The van der Waals surface area contributed by atoms with Gasteiger partial charge in [-0.25, -0.2) is 0 Å². The molecule has 0 radical (unpaired) electrons. The predicted molar refractivity (Wildman–Crippen MR) is 78.0 cm³/mol. The van der Waals surface area contributed by atoms with Crippen LogP contribution in [0.15, 0.2) is 22.7 Å².